The summed E-state index contributed by atoms with van der Waals surface area (Å²) in [5.41, 5.74) is 4.92. The van der Waals surface area contributed by atoms with Gasteiger partial charge < -0.3 is 5.11 Å². The largest absolute Gasteiger partial charge is 0.481 e. The summed E-state index contributed by atoms with van der Waals surface area (Å²) in [5, 5.41) is 12.9. The van der Waals surface area contributed by atoms with E-state index in [4.69, 9.17) is 5.11 Å². The number of fused-ring (bicyclic) bond motifs is 1. The Morgan fingerprint density at radius 3 is 2.95 bits per heavy atom. The van der Waals surface area contributed by atoms with E-state index in [2.05, 4.69) is 16.1 Å². The monoisotopic (exact) mass is 286 g/mol. The standard InChI is InChI=1S/C14H11N3O2S/c18-14(19)4-6-17-5-3-11(8-16-17)10-1-2-12-13(7-10)20-9-15-12/h1-3,5,7-9H,4,6H2/p+1. The number of nitrogens with zero attached hydrogens (tertiary/aromatic N) is 3. The highest BCUT2D eigenvalue weighted by molar-refractivity contribution is 7.16. The van der Waals surface area contributed by atoms with E-state index in [0.29, 0.717) is 6.54 Å². The van der Waals surface area contributed by atoms with Crippen molar-refractivity contribution in [1.29, 1.82) is 0 Å². The van der Waals surface area contributed by atoms with Crippen molar-refractivity contribution in [2.75, 3.05) is 0 Å². The lowest BCUT2D eigenvalue weighted by molar-refractivity contribution is -0.752. The number of aryl methyl sites for hydroxylation is 1. The summed E-state index contributed by atoms with van der Waals surface area (Å²) < 4.78 is 2.77. The van der Waals surface area contributed by atoms with Crippen molar-refractivity contribution >= 4 is 27.5 Å². The molecule has 0 aliphatic heterocycles. The average molecular weight is 286 g/mol. The van der Waals surface area contributed by atoms with Crippen LogP contribution in [-0.4, -0.2) is 21.2 Å². The topological polar surface area (TPSA) is 67.0 Å². The van der Waals surface area contributed by atoms with Crippen molar-refractivity contribution in [1.82, 2.24) is 10.1 Å². The second-order valence-electron chi connectivity index (χ2n) is 4.36. The van der Waals surface area contributed by atoms with Crippen LogP contribution in [0.5, 0.6) is 0 Å². The molecule has 0 radical (unpaired) electrons. The van der Waals surface area contributed by atoms with Gasteiger partial charge in [0.05, 0.1) is 15.7 Å². The van der Waals surface area contributed by atoms with Crippen LogP contribution < -0.4 is 4.68 Å². The number of rotatable bonds is 4. The number of aliphatic carboxylic acids is 1. The Labute approximate surface area is 119 Å². The van der Waals surface area contributed by atoms with Gasteiger partial charge in [0, 0.05) is 11.6 Å². The Hall–Kier alpha value is -2.34. The van der Waals surface area contributed by atoms with Crippen molar-refractivity contribution in [2.24, 2.45) is 0 Å². The van der Waals surface area contributed by atoms with E-state index in [1.807, 2.05) is 23.7 Å². The van der Waals surface area contributed by atoms with E-state index in [1.165, 1.54) is 0 Å². The zero-order valence-electron chi connectivity index (χ0n) is 10.6. The van der Waals surface area contributed by atoms with E-state index in [-0.39, 0.29) is 6.42 Å². The molecule has 0 aliphatic carbocycles. The quantitative estimate of drug-likeness (QED) is 0.746. The summed E-state index contributed by atoms with van der Waals surface area (Å²) in [4.78, 5) is 14.8. The fourth-order valence-electron chi connectivity index (χ4n) is 1.93. The third kappa shape index (κ3) is 2.65. The van der Waals surface area contributed by atoms with Crippen molar-refractivity contribution in [3.63, 3.8) is 0 Å². The van der Waals surface area contributed by atoms with Gasteiger partial charge in [0.25, 0.3) is 0 Å². The van der Waals surface area contributed by atoms with Gasteiger partial charge in [-0.15, -0.1) is 11.3 Å². The molecule has 6 heteroatoms. The maximum Gasteiger partial charge on any atom is 0.309 e. The first-order chi connectivity index (χ1) is 9.72. The van der Waals surface area contributed by atoms with E-state index >= 15 is 0 Å². The number of thiazole rings is 1. The lowest BCUT2D eigenvalue weighted by Crippen LogP contribution is -2.38. The Balaban J connectivity index is 1.84. The predicted octanol–water partition coefficient (Wildman–Crippen LogP) is 2.12. The molecule has 0 unspecified atom stereocenters. The molecular formula is C14H12N3O2S+. The number of carboxylic acid groups (broad SMARTS) is 1. The maximum absolute atomic E-state index is 10.5. The van der Waals surface area contributed by atoms with Crippen molar-refractivity contribution in [3.8, 4) is 11.1 Å². The number of hydrogen-bond donors (Lipinski definition) is 1. The number of benzene rings is 1. The second-order valence-corrected chi connectivity index (χ2v) is 5.24. The SMILES string of the molecule is O=C(O)CC[n+]1ccc(-c2ccc3ncsc3c2)cn1. The molecule has 0 amide bonds. The zero-order valence-corrected chi connectivity index (χ0v) is 11.4. The third-order valence-electron chi connectivity index (χ3n) is 2.99. The molecule has 2 aromatic heterocycles. The van der Waals surface area contributed by atoms with Gasteiger partial charge in [-0.1, -0.05) is 10.7 Å². The minimum Gasteiger partial charge on any atom is -0.481 e. The van der Waals surface area contributed by atoms with Gasteiger partial charge in [0.15, 0.2) is 12.7 Å². The first-order valence-electron chi connectivity index (χ1n) is 6.13. The smallest absolute Gasteiger partial charge is 0.309 e. The van der Waals surface area contributed by atoms with Crippen LogP contribution in [0, 0.1) is 0 Å². The van der Waals surface area contributed by atoms with E-state index in [9.17, 15) is 4.79 Å². The highest BCUT2D eigenvalue weighted by atomic mass is 32.1. The Morgan fingerprint density at radius 1 is 1.30 bits per heavy atom. The fraction of sp³-hybridized carbons (Fsp3) is 0.143. The molecule has 0 fully saturated rings. The molecule has 3 aromatic rings. The molecule has 1 N–H and O–H groups in total. The molecule has 1 aromatic carbocycles. The zero-order chi connectivity index (χ0) is 13.9. The molecule has 0 aliphatic rings. The van der Waals surface area contributed by atoms with Gasteiger partial charge >= 0.3 is 5.97 Å². The van der Waals surface area contributed by atoms with E-state index < -0.39 is 5.97 Å². The minimum absolute atomic E-state index is 0.0733. The van der Waals surface area contributed by atoms with Crippen LogP contribution in [0.1, 0.15) is 6.42 Å². The van der Waals surface area contributed by atoms with Crippen LogP contribution >= 0.6 is 11.3 Å². The van der Waals surface area contributed by atoms with Crippen LogP contribution in [0.2, 0.25) is 0 Å². The van der Waals surface area contributed by atoms with Gasteiger partial charge in [-0.25, -0.2) is 4.98 Å². The predicted molar refractivity (Wildman–Crippen MR) is 75.3 cm³/mol. The number of carbonyl (C=O) groups is 1. The molecule has 0 bridgehead atoms. The van der Waals surface area contributed by atoms with Gasteiger partial charge in [-0.2, -0.15) is 0 Å². The van der Waals surface area contributed by atoms with Crippen LogP contribution in [0.15, 0.2) is 42.2 Å². The summed E-state index contributed by atoms with van der Waals surface area (Å²) in [5.74, 6) is -0.820. The molecule has 2 heterocycles. The molecule has 0 spiro atoms. The van der Waals surface area contributed by atoms with Gasteiger partial charge in [-0.3, -0.25) is 4.79 Å². The molecule has 0 atom stereocenters. The molecule has 5 nitrogen and oxygen atoms in total. The molecule has 0 saturated carbocycles. The highest BCUT2D eigenvalue weighted by Gasteiger charge is 2.08. The van der Waals surface area contributed by atoms with Crippen molar-refractivity contribution < 1.29 is 14.6 Å². The van der Waals surface area contributed by atoms with Crippen LogP contribution in [-0.2, 0) is 11.3 Å². The van der Waals surface area contributed by atoms with E-state index in [1.54, 1.807) is 28.4 Å². The van der Waals surface area contributed by atoms with Crippen molar-refractivity contribution in [3.05, 3.63) is 42.2 Å². The summed E-state index contributed by atoms with van der Waals surface area (Å²) in [6.45, 7) is 0.378. The summed E-state index contributed by atoms with van der Waals surface area (Å²) >= 11 is 1.61. The second kappa shape index (κ2) is 5.34. The normalized spacial score (nSPS) is 10.8. The number of aromatic nitrogens is 3. The first-order valence-corrected chi connectivity index (χ1v) is 7.01. The van der Waals surface area contributed by atoms with E-state index in [0.717, 1.165) is 21.3 Å². The Morgan fingerprint density at radius 2 is 2.20 bits per heavy atom. The Kier molecular flexibility index (Phi) is 3.39. The van der Waals surface area contributed by atoms with Crippen LogP contribution in [0.4, 0.5) is 0 Å². The van der Waals surface area contributed by atoms with Crippen LogP contribution in [0.3, 0.4) is 0 Å². The summed E-state index contributed by atoms with van der Waals surface area (Å²) in [6, 6.07) is 8.04. The lowest BCUT2D eigenvalue weighted by atomic mass is 10.1. The van der Waals surface area contributed by atoms with Gasteiger partial charge in [0.1, 0.15) is 12.6 Å². The van der Waals surface area contributed by atoms with Gasteiger partial charge in [0.2, 0.25) is 0 Å². The Bertz CT molecular complexity index is 752. The number of hydrogen-bond acceptors (Lipinski definition) is 4. The third-order valence-corrected chi connectivity index (χ3v) is 3.78. The maximum atomic E-state index is 10.5. The molecular weight excluding hydrogens is 274 g/mol. The fourth-order valence-corrected chi connectivity index (χ4v) is 2.65. The average Bonchev–Trinajstić information content (AvgIpc) is 2.93. The van der Waals surface area contributed by atoms with Crippen LogP contribution in [0.25, 0.3) is 21.3 Å². The summed E-state index contributed by atoms with van der Waals surface area (Å²) in [7, 11) is 0. The summed E-state index contributed by atoms with van der Waals surface area (Å²) in [6.07, 6.45) is 3.63. The first kappa shape index (κ1) is 12.7. The molecule has 3 rings (SSSR count). The van der Waals surface area contributed by atoms with Crippen molar-refractivity contribution in [2.45, 2.75) is 13.0 Å². The molecule has 100 valence electrons. The lowest BCUT2D eigenvalue weighted by Gasteiger charge is -1.99. The molecule has 0 saturated heterocycles. The molecule has 20 heavy (non-hydrogen) atoms. The number of carboxylic acids is 1. The van der Waals surface area contributed by atoms with Gasteiger partial charge in [-0.05, 0) is 22.8 Å². The minimum atomic E-state index is -0.820. The highest BCUT2D eigenvalue weighted by Crippen LogP contribution is 2.25.